The maximum Gasteiger partial charge on any atom is 0.291 e. The van der Waals surface area contributed by atoms with Gasteiger partial charge in [-0.3, -0.25) is 9.59 Å². The number of furan rings is 1. The molecule has 0 spiro atoms. The lowest BCUT2D eigenvalue weighted by Gasteiger charge is -2.09. The lowest BCUT2D eigenvalue weighted by atomic mass is 10.3. The average Bonchev–Trinajstić information content (AvgIpc) is 3.10. The second-order valence-electron chi connectivity index (χ2n) is 5.00. The smallest absolute Gasteiger partial charge is 0.291 e. The number of rotatable bonds is 8. The lowest BCUT2D eigenvalue weighted by Crippen LogP contribution is -2.31. The van der Waals surface area contributed by atoms with E-state index < -0.39 is 11.7 Å². The number of benzene rings is 1. The van der Waals surface area contributed by atoms with Crippen LogP contribution in [-0.4, -0.2) is 25.0 Å². The molecule has 0 atom stereocenters. The van der Waals surface area contributed by atoms with Gasteiger partial charge in [-0.25, -0.2) is 4.39 Å². The zero-order valence-electron chi connectivity index (χ0n) is 13.2. The fourth-order valence-electron chi connectivity index (χ4n) is 1.81. The van der Waals surface area contributed by atoms with Gasteiger partial charge < -0.3 is 19.8 Å². The van der Waals surface area contributed by atoms with Crippen molar-refractivity contribution in [3.8, 4) is 5.75 Å². The van der Waals surface area contributed by atoms with Crippen LogP contribution in [0.2, 0.25) is 5.02 Å². The summed E-state index contributed by atoms with van der Waals surface area (Å²) in [6.07, 6.45) is 1.73. The highest BCUT2D eigenvalue weighted by Crippen LogP contribution is 2.20. The SMILES string of the molecule is C=C(CCNC(=O)COc1ccc(Cl)c(F)c1)NC(=O)c1ccco1. The molecule has 0 aliphatic heterocycles. The van der Waals surface area contributed by atoms with E-state index in [0.29, 0.717) is 12.1 Å². The fourth-order valence-corrected chi connectivity index (χ4v) is 1.93. The Kier molecular flexibility index (Phi) is 6.59. The average molecular weight is 367 g/mol. The molecule has 0 fully saturated rings. The highest BCUT2D eigenvalue weighted by Gasteiger charge is 2.10. The number of hydrogen-bond donors (Lipinski definition) is 2. The van der Waals surface area contributed by atoms with E-state index in [2.05, 4.69) is 17.2 Å². The van der Waals surface area contributed by atoms with Crippen LogP contribution in [0.4, 0.5) is 4.39 Å². The van der Waals surface area contributed by atoms with Crippen molar-refractivity contribution in [2.75, 3.05) is 13.2 Å². The molecule has 2 rings (SSSR count). The van der Waals surface area contributed by atoms with Gasteiger partial charge in [0.1, 0.15) is 11.6 Å². The van der Waals surface area contributed by atoms with Crippen molar-refractivity contribution >= 4 is 23.4 Å². The van der Waals surface area contributed by atoms with Crippen molar-refractivity contribution in [3.05, 3.63) is 65.5 Å². The molecular weight excluding hydrogens is 351 g/mol. The van der Waals surface area contributed by atoms with E-state index in [0.717, 1.165) is 6.07 Å². The lowest BCUT2D eigenvalue weighted by molar-refractivity contribution is -0.123. The molecule has 1 aromatic carbocycles. The van der Waals surface area contributed by atoms with Crippen molar-refractivity contribution < 1.29 is 23.1 Å². The van der Waals surface area contributed by atoms with E-state index in [1.165, 1.54) is 24.5 Å². The Morgan fingerprint density at radius 3 is 2.80 bits per heavy atom. The summed E-state index contributed by atoms with van der Waals surface area (Å²) in [4.78, 5) is 23.4. The zero-order valence-corrected chi connectivity index (χ0v) is 13.9. The summed E-state index contributed by atoms with van der Waals surface area (Å²) in [6, 6.07) is 7.04. The second kappa shape index (κ2) is 8.89. The molecule has 2 aromatic rings. The van der Waals surface area contributed by atoms with Crippen LogP contribution < -0.4 is 15.4 Å². The molecule has 0 saturated carbocycles. The number of hydrogen-bond acceptors (Lipinski definition) is 4. The van der Waals surface area contributed by atoms with Gasteiger partial charge in [-0.1, -0.05) is 18.2 Å². The molecule has 0 saturated heterocycles. The Balaban J connectivity index is 1.65. The van der Waals surface area contributed by atoms with E-state index in [4.69, 9.17) is 20.8 Å². The molecule has 0 unspecified atom stereocenters. The van der Waals surface area contributed by atoms with Crippen molar-refractivity contribution in [1.82, 2.24) is 10.6 Å². The van der Waals surface area contributed by atoms with E-state index in [1.807, 2.05) is 0 Å². The number of carbonyl (C=O) groups is 2. The minimum atomic E-state index is -0.622. The van der Waals surface area contributed by atoms with E-state index in [9.17, 15) is 14.0 Å². The summed E-state index contributed by atoms with van der Waals surface area (Å²) in [6.45, 7) is 3.69. The van der Waals surface area contributed by atoms with Crippen molar-refractivity contribution in [2.45, 2.75) is 6.42 Å². The predicted octanol–water partition coefficient (Wildman–Crippen LogP) is 2.90. The highest BCUT2D eigenvalue weighted by molar-refractivity contribution is 6.30. The number of amides is 2. The zero-order chi connectivity index (χ0) is 18.2. The third kappa shape index (κ3) is 5.96. The summed E-state index contributed by atoms with van der Waals surface area (Å²) in [5, 5.41) is 5.14. The van der Waals surface area contributed by atoms with Crippen LogP contribution in [-0.2, 0) is 4.79 Å². The minimum Gasteiger partial charge on any atom is -0.484 e. The van der Waals surface area contributed by atoms with Crippen LogP contribution in [0.5, 0.6) is 5.75 Å². The van der Waals surface area contributed by atoms with Crippen molar-refractivity contribution in [1.29, 1.82) is 0 Å². The van der Waals surface area contributed by atoms with Gasteiger partial charge in [-0.15, -0.1) is 0 Å². The summed E-state index contributed by atoms with van der Waals surface area (Å²) in [5.41, 5.74) is 0.433. The third-order valence-electron chi connectivity index (χ3n) is 3.05. The standard InChI is InChI=1S/C17H16ClFN2O4/c1-11(21-17(23)15-3-2-8-24-15)6-7-20-16(22)10-25-12-4-5-13(18)14(19)9-12/h2-5,8-9H,1,6-7,10H2,(H,20,22)(H,21,23). The molecule has 0 bridgehead atoms. The Morgan fingerprint density at radius 1 is 1.32 bits per heavy atom. The number of carbonyl (C=O) groups excluding carboxylic acids is 2. The summed E-state index contributed by atoms with van der Waals surface area (Å²) in [5.74, 6) is -1.04. The summed E-state index contributed by atoms with van der Waals surface area (Å²) in [7, 11) is 0. The summed E-state index contributed by atoms with van der Waals surface area (Å²) < 4.78 is 23.4. The van der Waals surface area contributed by atoms with Gasteiger partial charge in [0.2, 0.25) is 0 Å². The number of nitrogens with one attached hydrogen (secondary N) is 2. The molecule has 0 radical (unpaired) electrons. The quantitative estimate of drug-likeness (QED) is 0.752. The fraction of sp³-hybridized carbons (Fsp3) is 0.176. The normalized spacial score (nSPS) is 10.2. The monoisotopic (exact) mass is 366 g/mol. The van der Waals surface area contributed by atoms with Gasteiger partial charge in [0.15, 0.2) is 12.4 Å². The second-order valence-corrected chi connectivity index (χ2v) is 5.41. The Bertz CT molecular complexity index is 762. The topological polar surface area (TPSA) is 80.6 Å². The first-order valence-electron chi connectivity index (χ1n) is 7.33. The van der Waals surface area contributed by atoms with E-state index >= 15 is 0 Å². The van der Waals surface area contributed by atoms with Gasteiger partial charge in [-0.05, 0) is 24.3 Å². The van der Waals surface area contributed by atoms with Crippen LogP contribution in [0.3, 0.4) is 0 Å². The number of ether oxygens (including phenoxy) is 1. The van der Waals surface area contributed by atoms with Gasteiger partial charge in [0.25, 0.3) is 11.8 Å². The van der Waals surface area contributed by atoms with Crippen LogP contribution in [0.25, 0.3) is 0 Å². The van der Waals surface area contributed by atoms with Crippen LogP contribution in [0.1, 0.15) is 17.0 Å². The van der Waals surface area contributed by atoms with Crippen molar-refractivity contribution in [2.24, 2.45) is 0 Å². The largest absolute Gasteiger partial charge is 0.484 e. The molecule has 2 amide bonds. The molecule has 1 heterocycles. The first-order chi connectivity index (χ1) is 12.0. The molecule has 6 nitrogen and oxygen atoms in total. The first-order valence-corrected chi connectivity index (χ1v) is 7.70. The minimum absolute atomic E-state index is 0.0214. The van der Waals surface area contributed by atoms with Gasteiger partial charge in [0.05, 0.1) is 11.3 Å². The molecular formula is C17H16ClFN2O4. The van der Waals surface area contributed by atoms with Crippen LogP contribution >= 0.6 is 11.6 Å². The molecule has 25 heavy (non-hydrogen) atoms. The molecule has 0 aliphatic carbocycles. The number of halogens is 2. The Labute approximate surface area is 148 Å². The first kappa shape index (κ1) is 18.5. The molecule has 1 aromatic heterocycles. The molecule has 2 N–H and O–H groups in total. The molecule has 132 valence electrons. The third-order valence-corrected chi connectivity index (χ3v) is 3.35. The Morgan fingerprint density at radius 2 is 2.12 bits per heavy atom. The molecule has 0 aliphatic rings. The van der Waals surface area contributed by atoms with Gasteiger partial charge in [0, 0.05) is 24.7 Å². The maximum atomic E-state index is 13.2. The highest BCUT2D eigenvalue weighted by atomic mass is 35.5. The van der Waals surface area contributed by atoms with E-state index in [1.54, 1.807) is 6.07 Å². The van der Waals surface area contributed by atoms with Crippen molar-refractivity contribution in [3.63, 3.8) is 0 Å². The molecule has 8 heteroatoms. The predicted molar refractivity (Wildman–Crippen MR) is 89.8 cm³/mol. The van der Waals surface area contributed by atoms with E-state index in [-0.39, 0.29) is 35.6 Å². The van der Waals surface area contributed by atoms with Crippen LogP contribution in [0.15, 0.2) is 53.3 Å². The van der Waals surface area contributed by atoms with Crippen LogP contribution in [0, 0.1) is 5.82 Å². The maximum absolute atomic E-state index is 13.2. The summed E-state index contributed by atoms with van der Waals surface area (Å²) >= 11 is 5.56. The van der Waals surface area contributed by atoms with Gasteiger partial charge in [-0.2, -0.15) is 0 Å². The van der Waals surface area contributed by atoms with Gasteiger partial charge >= 0.3 is 0 Å². The Hall–Kier alpha value is -2.80.